The molecule has 4 aliphatic rings. The van der Waals surface area contributed by atoms with Crippen LogP contribution >= 0.6 is 0 Å². The standard InChI is InChI=1S/C41H50F3N7O9/c1-24-20-33-39(57)59-23-30(47-34(52)29(21-26-10-4-3-5-11-26)48-40(58)46-27-14-16-28(17-15-27)60-41(42,43)44)37(55)50-19-9-7-13-32(50)38(56)49-18-8-6-12-31(49)35(53)45-25(2)36(54)51(33)22-24/h3-5,10-11,14-17,24-25,29-33H,6-9,12-13,18-23H2,1-2H3,(H,45,53)(H,47,52)(H2,46,48,58)/t24-,25+,29+,30+,31+,32+,33+/m1/s1. The lowest BCUT2D eigenvalue weighted by molar-refractivity contribution is -0.274. The summed E-state index contributed by atoms with van der Waals surface area (Å²) in [5.74, 6) is -4.45. The predicted molar refractivity (Wildman–Crippen MR) is 208 cm³/mol. The molecule has 4 N–H and O–H groups in total. The highest BCUT2D eigenvalue weighted by molar-refractivity contribution is 5.98. The van der Waals surface area contributed by atoms with Crippen LogP contribution in [0, 0.1) is 5.92 Å². The highest BCUT2D eigenvalue weighted by atomic mass is 19.4. The van der Waals surface area contributed by atoms with Crippen molar-refractivity contribution < 1.29 is 56.2 Å². The summed E-state index contributed by atoms with van der Waals surface area (Å²) < 4.78 is 47.6. The first kappa shape index (κ1) is 43.7. The molecule has 0 spiro atoms. The third-order valence-corrected chi connectivity index (χ3v) is 11.2. The van der Waals surface area contributed by atoms with Crippen LogP contribution in [0.15, 0.2) is 54.6 Å². The topological polar surface area (TPSA) is 196 Å². The number of hydrogen-bond acceptors (Lipinski definition) is 9. The lowest BCUT2D eigenvalue weighted by Crippen LogP contribution is -2.63. The maximum atomic E-state index is 14.6. The fourth-order valence-electron chi connectivity index (χ4n) is 8.28. The number of anilines is 1. The van der Waals surface area contributed by atoms with Gasteiger partial charge in [-0.2, -0.15) is 0 Å². The number of nitrogens with zero attached hydrogens (tertiary/aromatic N) is 3. The first-order valence-corrected chi connectivity index (χ1v) is 20.2. The lowest BCUT2D eigenvalue weighted by Gasteiger charge is -2.42. The van der Waals surface area contributed by atoms with Gasteiger partial charge in [-0.3, -0.25) is 24.0 Å². The van der Waals surface area contributed by atoms with E-state index >= 15 is 0 Å². The van der Waals surface area contributed by atoms with Gasteiger partial charge >= 0.3 is 18.4 Å². The Morgan fingerprint density at radius 1 is 0.833 bits per heavy atom. The fraction of sp³-hybridized carbons (Fsp3) is 0.537. The zero-order valence-electron chi connectivity index (χ0n) is 33.4. The Balaban J connectivity index is 1.28. The van der Waals surface area contributed by atoms with Crippen LogP contribution < -0.4 is 26.0 Å². The van der Waals surface area contributed by atoms with Gasteiger partial charge in [0.2, 0.25) is 29.5 Å². The number of amides is 7. The van der Waals surface area contributed by atoms with Crippen molar-refractivity contribution in [3.05, 3.63) is 60.2 Å². The molecule has 2 aromatic carbocycles. The molecule has 0 saturated carbocycles. The van der Waals surface area contributed by atoms with Gasteiger partial charge in [0.05, 0.1) is 0 Å². The molecule has 60 heavy (non-hydrogen) atoms. The van der Waals surface area contributed by atoms with Crippen LogP contribution in [0.5, 0.6) is 5.75 Å². The Kier molecular flexibility index (Phi) is 13.8. The third-order valence-electron chi connectivity index (χ3n) is 11.2. The molecule has 324 valence electrons. The summed E-state index contributed by atoms with van der Waals surface area (Å²) in [5, 5.41) is 10.5. The largest absolute Gasteiger partial charge is 0.573 e. The molecule has 4 saturated heterocycles. The smallest absolute Gasteiger partial charge is 0.461 e. The highest BCUT2D eigenvalue weighted by Gasteiger charge is 2.45. The number of carbonyl (C=O) groups excluding carboxylic acids is 7. The molecule has 16 nitrogen and oxygen atoms in total. The summed E-state index contributed by atoms with van der Waals surface area (Å²) in [5.41, 5.74) is 0.705. The molecule has 0 unspecified atom stereocenters. The van der Waals surface area contributed by atoms with Gasteiger partial charge in [0.1, 0.15) is 48.6 Å². The van der Waals surface area contributed by atoms with Crippen molar-refractivity contribution in [1.82, 2.24) is 30.7 Å². The number of cyclic esters (lactones) is 1. The molecule has 0 aromatic heterocycles. The van der Waals surface area contributed by atoms with E-state index in [-0.39, 0.29) is 50.5 Å². The van der Waals surface area contributed by atoms with Crippen LogP contribution in [0.4, 0.5) is 23.7 Å². The number of fused-ring (bicyclic) bond motifs is 3. The van der Waals surface area contributed by atoms with Crippen molar-refractivity contribution in [2.75, 3.05) is 31.6 Å². The van der Waals surface area contributed by atoms with Gasteiger partial charge in [-0.25, -0.2) is 9.59 Å². The Hall–Kier alpha value is -5.88. The van der Waals surface area contributed by atoms with Crippen LogP contribution in [0.2, 0.25) is 0 Å². The second-order valence-electron chi connectivity index (χ2n) is 15.8. The van der Waals surface area contributed by atoms with E-state index in [0.29, 0.717) is 37.7 Å². The van der Waals surface area contributed by atoms with Gasteiger partial charge in [-0.1, -0.05) is 37.3 Å². The Labute approximate surface area is 344 Å². The molecule has 19 heteroatoms. The second-order valence-corrected chi connectivity index (χ2v) is 15.8. The molecule has 4 heterocycles. The van der Waals surface area contributed by atoms with E-state index in [1.807, 2.05) is 6.92 Å². The Bertz CT molecular complexity index is 1920. The van der Waals surface area contributed by atoms with E-state index in [2.05, 4.69) is 26.0 Å². The van der Waals surface area contributed by atoms with Crippen molar-refractivity contribution in [3.8, 4) is 5.75 Å². The number of nitrogens with one attached hydrogen (secondary N) is 4. The number of urea groups is 1. The number of benzene rings is 2. The maximum absolute atomic E-state index is 14.6. The maximum Gasteiger partial charge on any atom is 0.573 e. The summed E-state index contributed by atoms with van der Waals surface area (Å²) in [7, 11) is 0. The molecule has 4 aliphatic heterocycles. The number of alkyl halides is 3. The zero-order chi connectivity index (χ0) is 43.1. The minimum absolute atomic E-state index is 0.0718. The predicted octanol–water partition coefficient (Wildman–Crippen LogP) is 2.86. The van der Waals surface area contributed by atoms with Crippen molar-refractivity contribution in [1.29, 1.82) is 0 Å². The van der Waals surface area contributed by atoms with Crippen molar-refractivity contribution in [3.63, 3.8) is 0 Å². The highest BCUT2D eigenvalue weighted by Crippen LogP contribution is 2.28. The minimum atomic E-state index is -4.92. The average molecular weight is 842 g/mol. The Morgan fingerprint density at radius 2 is 1.48 bits per heavy atom. The van der Waals surface area contributed by atoms with E-state index in [1.54, 1.807) is 30.3 Å². The third kappa shape index (κ3) is 10.8. The lowest BCUT2D eigenvalue weighted by atomic mass is 9.95. The first-order chi connectivity index (χ1) is 28.6. The van der Waals surface area contributed by atoms with Crippen LogP contribution in [-0.4, -0.2) is 125 Å². The molecule has 7 atom stereocenters. The van der Waals surface area contributed by atoms with E-state index in [4.69, 9.17) is 4.74 Å². The monoisotopic (exact) mass is 841 g/mol. The number of carbonyl (C=O) groups is 7. The number of hydrogen-bond donors (Lipinski definition) is 4. The summed E-state index contributed by atoms with van der Waals surface area (Å²) >= 11 is 0. The van der Waals surface area contributed by atoms with Gasteiger partial charge < -0.3 is 45.4 Å². The molecule has 0 radical (unpaired) electrons. The molecule has 0 bridgehead atoms. The summed E-state index contributed by atoms with van der Waals surface area (Å²) in [6.07, 6.45) is -1.65. The van der Waals surface area contributed by atoms with Crippen LogP contribution in [-0.2, 0) is 39.9 Å². The van der Waals surface area contributed by atoms with Crippen molar-refractivity contribution in [2.45, 2.75) is 108 Å². The summed E-state index contributed by atoms with van der Waals surface area (Å²) in [4.78, 5) is 102. The van der Waals surface area contributed by atoms with E-state index in [0.717, 1.165) is 12.1 Å². The number of ether oxygens (including phenoxy) is 2. The minimum Gasteiger partial charge on any atom is -0.461 e. The van der Waals surface area contributed by atoms with Crippen LogP contribution in [0.1, 0.15) is 64.4 Å². The van der Waals surface area contributed by atoms with Gasteiger partial charge in [0.25, 0.3) is 0 Å². The molecule has 4 fully saturated rings. The molecule has 7 amide bonds. The Morgan fingerprint density at radius 3 is 2.15 bits per heavy atom. The van der Waals surface area contributed by atoms with Gasteiger partial charge in [0.15, 0.2) is 0 Å². The van der Waals surface area contributed by atoms with Crippen molar-refractivity contribution in [2.24, 2.45) is 5.92 Å². The SMILES string of the molecule is C[C@@H]1C[C@H]2C(=O)OC[C@H](NC(=O)[C@H](Cc3ccccc3)NC(=O)Nc3ccc(OC(F)(F)F)cc3)C(=O)N3CCCC[C@H]3C(=O)N3CCCC[C@H]3C(=O)N[C@@H](C)C(=O)N2C1. The molecule has 0 aliphatic carbocycles. The van der Waals surface area contributed by atoms with E-state index in [9.17, 15) is 46.7 Å². The molecular weight excluding hydrogens is 791 g/mol. The van der Waals surface area contributed by atoms with Gasteiger partial charge in [0, 0.05) is 31.7 Å². The van der Waals surface area contributed by atoms with E-state index < -0.39 is 96.5 Å². The molecule has 2 aromatic rings. The zero-order valence-corrected chi connectivity index (χ0v) is 33.4. The quantitative estimate of drug-likeness (QED) is 0.303. The van der Waals surface area contributed by atoms with Gasteiger partial charge in [-0.15, -0.1) is 13.2 Å². The molecular formula is C41H50F3N7O9. The normalized spacial score (nSPS) is 26.1. The second kappa shape index (κ2) is 19.0. The van der Waals surface area contributed by atoms with Crippen LogP contribution in [0.25, 0.3) is 0 Å². The fourth-order valence-corrected chi connectivity index (χ4v) is 8.28. The van der Waals surface area contributed by atoms with Crippen LogP contribution in [0.3, 0.4) is 0 Å². The van der Waals surface area contributed by atoms with Crippen molar-refractivity contribution >= 4 is 47.2 Å². The number of piperidine rings is 2. The van der Waals surface area contributed by atoms with E-state index in [1.165, 1.54) is 33.8 Å². The average Bonchev–Trinajstić information content (AvgIpc) is 3.62. The number of esters is 1. The first-order valence-electron chi connectivity index (χ1n) is 20.2. The summed E-state index contributed by atoms with van der Waals surface area (Å²) in [6.45, 7) is 3.34. The number of rotatable bonds is 7. The molecule has 6 rings (SSSR count). The summed E-state index contributed by atoms with van der Waals surface area (Å²) in [6, 6.07) is 5.26. The van der Waals surface area contributed by atoms with Gasteiger partial charge in [-0.05, 0) is 87.6 Å². The number of halogens is 3.